The summed E-state index contributed by atoms with van der Waals surface area (Å²) in [6.07, 6.45) is 0.761. The first kappa shape index (κ1) is 23.9. The van der Waals surface area contributed by atoms with Gasteiger partial charge in [-0.3, -0.25) is 5.32 Å². The lowest BCUT2D eigenvalue weighted by atomic mass is 9.83. The average molecular weight is 494 g/mol. The first-order chi connectivity index (χ1) is 17.0. The maximum atomic E-state index is 11.4. The first-order valence-electron chi connectivity index (χ1n) is 12.1. The Morgan fingerprint density at radius 2 is 1.89 bits per heavy atom. The molecule has 2 unspecified atom stereocenters. The Bertz CT molecular complexity index is 1170. The zero-order valence-corrected chi connectivity index (χ0v) is 20.9. The third-order valence-corrected chi connectivity index (χ3v) is 7.20. The molecular weight excluding hydrogens is 462 g/mol. The lowest BCUT2D eigenvalue weighted by Crippen LogP contribution is -2.51. The minimum absolute atomic E-state index is 0.472. The number of rotatable bonds is 7. The number of fused-ring (bicyclic) bond motifs is 1. The number of anilines is 2. The van der Waals surface area contributed by atoms with Crippen molar-refractivity contribution in [3.05, 3.63) is 82.5 Å². The van der Waals surface area contributed by atoms with E-state index >= 15 is 0 Å². The molecule has 184 valence electrons. The van der Waals surface area contributed by atoms with Gasteiger partial charge in [0.1, 0.15) is 5.54 Å². The molecule has 0 bridgehead atoms. The number of benzene rings is 2. The normalized spacial score (nSPS) is 22.1. The number of halogens is 1. The van der Waals surface area contributed by atoms with Crippen LogP contribution in [-0.2, 0) is 12.1 Å². The SMILES string of the molecule is CCOc1ncccc1C1(NCc2ccc(N3CCN(C)CC3)cc2)c2cc(Cl)ccc2NC1O. The molecule has 2 aromatic carbocycles. The van der Waals surface area contributed by atoms with E-state index in [1.165, 1.54) is 5.69 Å². The van der Waals surface area contributed by atoms with E-state index in [-0.39, 0.29) is 0 Å². The van der Waals surface area contributed by atoms with Crippen molar-refractivity contribution in [1.82, 2.24) is 15.2 Å². The van der Waals surface area contributed by atoms with E-state index in [0.717, 1.165) is 48.6 Å². The number of aromatic nitrogens is 1. The third-order valence-electron chi connectivity index (χ3n) is 6.96. The molecule has 0 amide bonds. The number of nitrogens with zero attached hydrogens (tertiary/aromatic N) is 3. The van der Waals surface area contributed by atoms with Crippen molar-refractivity contribution in [1.29, 1.82) is 0 Å². The van der Waals surface area contributed by atoms with Crippen LogP contribution in [0.25, 0.3) is 0 Å². The van der Waals surface area contributed by atoms with Crippen LogP contribution in [-0.4, -0.2) is 61.1 Å². The molecule has 2 aliphatic heterocycles. The highest BCUT2D eigenvalue weighted by atomic mass is 35.5. The molecule has 1 aromatic heterocycles. The Kier molecular flexibility index (Phi) is 6.84. The van der Waals surface area contributed by atoms with Gasteiger partial charge in [0.25, 0.3) is 0 Å². The third kappa shape index (κ3) is 4.57. The molecular formula is C27H32ClN5O2. The number of aliphatic hydroxyl groups excluding tert-OH is 1. The fraction of sp³-hybridized carbons (Fsp3) is 0.370. The Labute approximate surface area is 211 Å². The van der Waals surface area contributed by atoms with E-state index in [2.05, 4.69) is 56.7 Å². The Morgan fingerprint density at radius 3 is 2.63 bits per heavy atom. The van der Waals surface area contributed by atoms with E-state index in [1.807, 2.05) is 37.3 Å². The molecule has 2 atom stereocenters. The molecule has 1 fully saturated rings. The largest absolute Gasteiger partial charge is 0.478 e. The van der Waals surface area contributed by atoms with Crippen LogP contribution in [0.3, 0.4) is 0 Å². The van der Waals surface area contributed by atoms with Crippen LogP contribution in [0.2, 0.25) is 5.02 Å². The van der Waals surface area contributed by atoms with Crippen LogP contribution < -0.4 is 20.3 Å². The van der Waals surface area contributed by atoms with Gasteiger partial charge in [-0.15, -0.1) is 0 Å². The molecule has 0 radical (unpaired) electrons. The molecule has 35 heavy (non-hydrogen) atoms. The number of hydrogen-bond acceptors (Lipinski definition) is 7. The fourth-order valence-corrected chi connectivity index (χ4v) is 5.20. The lowest BCUT2D eigenvalue weighted by Gasteiger charge is -2.36. The molecule has 5 rings (SSSR count). The zero-order valence-electron chi connectivity index (χ0n) is 20.2. The summed E-state index contributed by atoms with van der Waals surface area (Å²) in [6, 6.07) is 18.1. The van der Waals surface area contributed by atoms with E-state index in [1.54, 1.807) is 6.20 Å². The van der Waals surface area contributed by atoms with Gasteiger partial charge in [-0.2, -0.15) is 0 Å². The summed E-state index contributed by atoms with van der Waals surface area (Å²) in [5, 5.41) is 18.9. The molecule has 7 nitrogen and oxygen atoms in total. The van der Waals surface area contributed by atoms with Crippen LogP contribution >= 0.6 is 11.6 Å². The number of likely N-dealkylation sites (N-methyl/N-ethyl adjacent to an activating group) is 1. The minimum Gasteiger partial charge on any atom is -0.478 e. The van der Waals surface area contributed by atoms with E-state index < -0.39 is 11.8 Å². The van der Waals surface area contributed by atoms with Crippen LogP contribution in [0.1, 0.15) is 23.6 Å². The van der Waals surface area contributed by atoms with Crippen LogP contribution in [0.5, 0.6) is 5.88 Å². The summed E-state index contributed by atoms with van der Waals surface area (Å²) < 4.78 is 5.88. The Balaban J connectivity index is 1.46. The number of ether oxygens (including phenoxy) is 1. The average Bonchev–Trinajstić information content (AvgIpc) is 3.15. The van der Waals surface area contributed by atoms with Gasteiger partial charge in [0.15, 0.2) is 6.23 Å². The van der Waals surface area contributed by atoms with E-state index in [4.69, 9.17) is 16.3 Å². The van der Waals surface area contributed by atoms with Gasteiger partial charge < -0.3 is 25.0 Å². The van der Waals surface area contributed by atoms with Gasteiger partial charge in [-0.05, 0) is 62.0 Å². The van der Waals surface area contributed by atoms with Gasteiger partial charge in [0, 0.05) is 66.4 Å². The fourth-order valence-electron chi connectivity index (χ4n) is 5.02. The van der Waals surface area contributed by atoms with E-state index in [0.29, 0.717) is 24.1 Å². The number of piperazine rings is 1. The molecule has 0 spiro atoms. The summed E-state index contributed by atoms with van der Waals surface area (Å²) in [4.78, 5) is 9.25. The second-order valence-electron chi connectivity index (χ2n) is 9.14. The maximum Gasteiger partial charge on any atom is 0.218 e. The van der Waals surface area contributed by atoms with E-state index in [9.17, 15) is 5.11 Å². The number of hydrogen-bond donors (Lipinski definition) is 3. The van der Waals surface area contributed by atoms with Crippen molar-refractivity contribution in [3.63, 3.8) is 0 Å². The predicted molar refractivity (Wildman–Crippen MR) is 140 cm³/mol. The van der Waals surface area contributed by atoms with Crippen molar-refractivity contribution >= 4 is 23.0 Å². The summed E-state index contributed by atoms with van der Waals surface area (Å²) in [6.45, 7) is 7.15. The molecule has 0 saturated carbocycles. The van der Waals surface area contributed by atoms with Gasteiger partial charge in [0.05, 0.1) is 6.61 Å². The van der Waals surface area contributed by atoms with Crippen molar-refractivity contribution in [2.75, 3.05) is 50.1 Å². The highest BCUT2D eigenvalue weighted by Crippen LogP contribution is 2.46. The second-order valence-corrected chi connectivity index (χ2v) is 9.58. The number of aliphatic hydroxyl groups is 1. The molecule has 3 N–H and O–H groups in total. The first-order valence-corrected chi connectivity index (χ1v) is 12.5. The molecule has 3 heterocycles. The monoisotopic (exact) mass is 493 g/mol. The summed E-state index contributed by atoms with van der Waals surface area (Å²) in [7, 11) is 2.17. The van der Waals surface area contributed by atoms with Crippen molar-refractivity contribution in [3.8, 4) is 5.88 Å². The van der Waals surface area contributed by atoms with Gasteiger partial charge in [-0.1, -0.05) is 23.7 Å². The molecule has 8 heteroatoms. The quantitative estimate of drug-likeness (QED) is 0.464. The van der Waals surface area contributed by atoms with Gasteiger partial charge >= 0.3 is 0 Å². The standard InChI is InChI=1S/C27H32ClN5O2/c1-3-35-25-22(5-4-12-29-25)27(23-17-20(28)8-11-24(23)31-26(27)34)30-18-19-6-9-21(10-7-19)33-15-13-32(2)14-16-33/h4-12,17,26,30-31,34H,3,13-16,18H2,1-2H3. The molecule has 2 aliphatic rings. The number of pyridine rings is 1. The summed E-state index contributed by atoms with van der Waals surface area (Å²) >= 11 is 6.41. The Hall–Kier alpha value is -2.84. The van der Waals surface area contributed by atoms with Crippen molar-refractivity contribution in [2.24, 2.45) is 0 Å². The lowest BCUT2D eigenvalue weighted by molar-refractivity contribution is 0.112. The smallest absolute Gasteiger partial charge is 0.218 e. The summed E-state index contributed by atoms with van der Waals surface area (Å²) in [5.74, 6) is 0.488. The molecule has 3 aromatic rings. The maximum absolute atomic E-state index is 11.4. The highest BCUT2D eigenvalue weighted by molar-refractivity contribution is 6.30. The van der Waals surface area contributed by atoms with Gasteiger partial charge in [-0.25, -0.2) is 4.98 Å². The number of nitrogens with one attached hydrogen (secondary N) is 2. The molecule has 1 saturated heterocycles. The Morgan fingerprint density at radius 1 is 1.11 bits per heavy atom. The molecule has 0 aliphatic carbocycles. The highest BCUT2D eigenvalue weighted by Gasteiger charge is 2.49. The second kappa shape index (κ2) is 10.0. The minimum atomic E-state index is -0.991. The van der Waals surface area contributed by atoms with Crippen LogP contribution in [0.15, 0.2) is 60.8 Å². The zero-order chi connectivity index (χ0) is 24.4. The van der Waals surface area contributed by atoms with Crippen molar-refractivity contribution in [2.45, 2.75) is 25.2 Å². The summed E-state index contributed by atoms with van der Waals surface area (Å²) in [5.41, 5.74) is 3.81. The van der Waals surface area contributed by atoms with Crippen LogP contribution in [0.4, 0.5) is 11.4 Å². The predicted octanol–water partition coefficient (Wildman–Crippen LogP) is 3.66. The van der Waals surface area contributed by atoms with Crippen molar-refractivity contribution < 1.29 is 9.84 Å². The van der Waals surface area contributed by atoms with Gasteiger partial charge in [0.2, 0.25) is 5.88 Å². The topological polar surface area (TPSA) is 72.9 Å². The van der Waals surface area contributed by atoms with Crippen LogP contribution in [0, 0.1) is 0 Å².